The van der Waals surface area contributed by atoms with E-state index < -0.39 is 17.2 Å². The number of benzene rings is 1. The van der Waals surface area contributed by atoms with E-state index in [1.807, 2.05) is 0 Å². The van der Waals surface area contributed by atoms with Crippen molar-refractivity contribution in [3.63, 3.8) is 0 Å². The van der Waals surface area contributed by atoms with Crippen LogP contribution in [0.15, 0.2) is 24.3 Å². The molecule has 0 fully saturated rings. The lowest BCUT2D eigenvalue weighted by Gasteiger charge is -2.16. The van der Waals surface area contributed by atoms with Gasteiger partial charge in [0.2, 0.25) is 0 Å². The molecule has 18 heavy (non-hydrogen) atoms. The van der Waals surface area contributed by atoms with Crippen LogP contribution in [0, 0.1) is 16.7 Å². The van der Waals surface area contributed by atoms with Crippen LogP contribution in [0.1, 0.15) is 25.0 Å². The highest BCUT2D eigenvalue weighted by atomic mass is 19.4. The van der Waals surface area contributed by atoms with Crippen LogP contribution < -0.4 is 5.32 Å². The second-order valence-electron chi connectivity index (χ2n) is 4.79. The van der Waals surface area contributed by atoms with Crippen molar-refractivity contribution >= 4 is 0 Å². The smallest absolute Gasteiger partial charge is 0.311 e. The first-order valence-electron chi connectivity index (χ1n) is 5.53. The van der Waals surface area contributed by atoms with E-state index in [-0.39, 0.29) is 0 Å². The van der Waals surface area contributed by atoms with Gasteiger partial charge in [-0.15, -0.1) is 0 Å². The summed E-state index contributed by atoms with van der Waals surface area (Å²) in [4.78, 5) is 0. The van der Waals surface area contributed by atoms with Crippen LogP contribution in [0.25, 0.3) is 0 Å². The van der Waals surface area contributed by atoms with E-state index in [9.17, 15) is 13.2 Å². The maximum Gasteiger partial charge on any atom is 0.416 e. The molecule has 0 atom stereocenters. The van der Waals surface area contributed by atoms with E-state index in [1.165, 1.54) is 12.1 Å². The molecule has 0 bridgehead atoms. The van der Waals surface area contributed by atoms with E-state index in [1.54, 1.807) is 13.8 Å². The van der Waals surface area contributed by atoms with Crippen LogP contribution >= 0.6 is 0 Å². The van der Waals surface area contributed by atoms with Crippen molar-refractivity contribution in [1.29, 1.82) is 5.26 Å². The SMILES string of the molecule is CC(C)(C#N)CNCc1ccc(C(F)(F)F)cc1. The van der Waals surface area contributed by atoms with Gasteiger partial charge in [0.05, 0.1) is 17.0 Å². The summed E-state index contributed by atoms with van der Waals surface area (Å²) in [5, 5.41) is 11.8. The summed E-state index contributed by atoms with van der Waals surface area (Å²) >= 11 is 0. The quantitative estimate of drug-likeness (QED) is 0.896. The van der Waals surface area contributed by atoms with E-state index >= 15 is 0 Å². The maximum absolute atomic E-state index is 12.3. The summed E-state index contributed by atoms with van der Waals surface area (Å²) in [6, 6.07) is 7.15. The second-order valence-corrected chi connectivity index (χ2v) is 4.79. The molecule has 0 spiro atoms. The Labute approximate surface area is 104 Å². The van der Waals surface area contributed by atoms with Gasteiger partial charge >= 0.3 is 6.18 Å². The van der Waals surface area contributed by atoms with Gasteiger partial charge in [0, 0.05) is 13.1 Å². The average molecular weight is 256 g/mol. The lowest BCUT2D eigenvalue weighted by Crippen LogP contribution is -2.27. The highest BCUT2D eigenvalue weighted by Crippen LogP contribution is 2.29. The predicted octanol–water partition coefficient (Wildman–Crippen LogP) is 3.34. The minimum atomic E-state index is -4.30. The molecule has 0 aromatic heterocycles. The van der Waals surface area contributed by atoms with Crippen LogP contribution in [-0.2, 0) is 12.7 Å². The zero-order chi connectivity index (χ0) is 13.8. The number of nitrogens with zero attached hydrogens (tertiary/aromatic N) is 1. The molecule has 0 aliphatic rings. The third-order valence-electron chi connectivity index (χ3n) is 2.48. The van der Waals surface area contributed by atoms with Crippen molar-refractivity contribution in [3.05, 3.63) is 35.4 Å². The van der Waals surface area contributed by atoms with Gasteiger partial charge in [-0.2, -0.15) is 18.4 Å². The fraction of sp³-hybridized carbons (Fsp3) is 0.462. The molecule has 0 aliphatic heterocycles. The number of alkyl halides is 3. The Kier molecular flexibility index (Phi) is 4.36. The first-order valence-corrected chi connectivity index (χ1v) is 5.53. The van der Waals surface area contributed by atoms with Gasteiger partial charge in [-0.05, 0) is 31.5 Å². The number of hydrogen-bond acceptors (Lipinski definition) is 2. The van der Waals surface area contributed by atoms with Gasteiger partial charge in [0.1, 0.15) is 0 Å². The van der Waals surface area contributed by atoms with Gasteiger partial charge in [0.25, 0.3) is 0 Å². The third-order valence-corrected chi connectivity index (χ3v) is 2.48. The van der Waals surface area contributed by atoms with Crippen LogP contribution in [0.3, 0.4) is 0 Å². The van der Waals surface area contributed by atoms with Gasteiger partial charge in [-0.25, -0.2) is 0 Å². The fourth-order valence-corrected chi connectivity index (χ4v) is 1.37. The molecule has 2 nitrogen and oxygen atoms in total. The average Bonchev–Trinajstić information content (AvgIpc) is 2.28. The first kappa shape index (κ1) is 14.5. The normalized spacial score (nSPS) is 12.2. The summed E-state index contributed by atoms with van der Waals surface area (Å²) in [5.74, 6) is 0. The number of rotatable bonds is 4. The molecule has 0 unspecified atom stereocenters. The minimum absolute atomic E-state index is 0.448. The molecule has 0 heterocycles. The monoisotopic (exact) mass is 256 g/mol. The lowest BCUT2D eigenvalue weighted by molar-refractivity contribution is -0.137. The Balaban J connectivity index is 2.53. The molecule has 1 N–H and O–H groups in total. The Hall–Kier alpha value is -1.54. The Morgan fingerprint density at radius 3 is 2.17 bits per heavy atom. The van der Waals surface area contributed by atoms with Crippen LogP contribution in [0.2, 0.25) is 0 Å². The Bertz CT molecular complexity index is 427. The maximum atomic E-state index is 12.3. The van der Waals surface area contributed by atoms with E-state index in [2.05, 4.69) is 11.4 Å². The van der Waals surface area contributed by atoms with E-state index in [0.717, 1.165) is 17.7 Å². The summed E-state index contributed by atoms with van der Waals surface area (Å²) in [6.45, 7) is 4.53. The molecule has 0 saturated heterocycles. The molecule has 98 valence electrons. The molecule has 0 radical (unpaired) electrons. The second kappa shape index (κ2) is 5.40. The summed E-state index contributed by atoms with van der Waals surface area (Å²) in [6.07, 6.45) is -4.30. The number of nitrogens with one attached hydrogen (secondary N) is 1. The molecule has 0 aliphatic carbocycles. The zero-order valence-electron chi connectivity index (χ0n) is 10.3. The predicted molar refractivity (Wildman–Crippen MR) is 62.5 cm³/mol. The highest BCUT2D eigenvalue weighted by Gasteiger charge is 2.29. The largest absolute Gasteiger partial charge is 0.416 e. The molecular formula is C13H15F3N2. The van der Waals surface area contributed by atoms with Crippen molar-refractivity contribution < 1.29 is 13.2 Å². The topological polar surface area (TPSA) is 35.8 Å². The fourth-order valence-electron chi connectivity index (χ4n) is 1.37. The molecule has 0 saturated carbocycles. The van der Waals surface area contributed by atoms with Gasteiger partial charge in [-0.3, -0.25) is 0 Å². The first-order chi connectivity index (χ1) is 8.24. The minimum Gasteiger partial charge on any atom is -0.311 e. The van der Waals surface area contributed by atoms with Crippen molar-refractivity contribution in [2.75, 3.05) is 6.54 Å². The third kappa shape index (κ3) is 4.38. The van der Waals surface area contributed by atoms with E-state index in [4.69, 9.17) is 5.26 Å². The molecular weight excluding hydrogens is 241 g/mol. The summed E-state index contributed by atoms with van der Waals surface area (Å²) in [7, 11) is 0. The van der Waals surface area contributed by atoms with Crippen molar-refractivity contribution in [2.45, 2.75) is 26.6 Å². The van der Waals surface area contributed by atoms with Crippen molar-refractivity contribution in [1.82, 2.24) is 5.32 Å². The standard InChI is InChI=1S/C13H15F3N2/c1-12(2,8-17)9-18-7-10-3-5-11(6-4-10)13(14,15)16/h3-6,18H,7,9H2,1-2H3. The number of hydrogen-bond donors (Lipinski definition) is 1. The zero-order valence-corrected chi connectivity index (χ0v) is 10.3. The van der Waals surface area contributed by atoms with E-state index in [0.29, 0.717) is 13.1 Å². The van der Waals surface area contributed by atoms with Crippen LogP contribution in [0.5, 0.6) is 0 Å². The molecule has 1 rings (SSSR count). The molecule has 5 heteroatoms. The molecule has 1 aromatic carbocycles. The van der Waals surface area contributed by atoms with Crippen LogP contribution in [-0.4, -0.2) is 6.54 Å². The summed E-state index contributed by atoms with van der Waals surface area (Å²) < 4.78 is 37.0. The van der Waals surface area contributed by atoms with Crippen molar-refractivity contribution in [3.8, 4) is 6.07 Å². The Morgan fingerprint density at radius 1 is 1.17 bits per heavy atom. The highest BCUT2D eigenvalue weighted by molar-refractivity contribution is 5.24. The Morgan fingerprint density at radius 2 is 1.72 bits per heavy atom. The molecule has 0 amide bonds. The number of nitriles is 1. The van der Waals surface area contributed by atoms with Crippen LogP contribution in [0.4, 0.5) is 13.2 Å². The van der Waals surface area contributed by atoms with Gasteiger partial charge < -0.3 is 5.32 Å². The summed E-state index contributed by atoms with van der Waals surface area (Å²) in [5.41, 5.74) is -0.369. The van der Waals surface area contributed by atoms with Gasteiger partial charge in [-0.1, -0.05) is 12.1 Å². The van der Waals surface area contributed by atoms with Gasteiger partial charge in [0.15, 0.2) is 0 Å². The lowest BCUT2D eigenvalue weighted by atomic mass is 9.96. The molecule has 1 aromatic rings. The number of halogens is 3. The van der Waals surface area contributed by atoms with Crippen molar-refractivity contribution in [2.24, 2.45) is 5.41 Å².